The standard InChI is InChI=1S/C22H21N5O/c1-13(2)10-14-5-7-15(8-6-14)20-19-18(16-4-3-9-25-12-16)17(11-23)21(24)28-22(19)27-26-20/h3-9,12-13,17-18,24H,10H2,1-2H3,(H,26,27). The molecule has 3 heterocycles. The molecule has 1 aliphatic heterocycles. The minimum Gasteiger partial charge on any atom is -0.422 e. The van der Waals surface area contributed by atoms with Crippen molar-refractivity contribution >= 4 is 5.90 Å². The maximum absolute atomic E-state index is 9.72. The van der Waals surface area contributed by atoms with E-state index < -0.39 is 5.92 Å². The second-order valence-corrected chi connectivity index (χ2v) is 7.45. The Morgan fingerprint density at radius 2 is 2.04 bits per heavy atom. The van der Waals surface area contributed by atoms with E-state index in [1.807, 2.05) is 12.1 Å². The van der Waals surface area contributed by atoms with Crippen LogP contribution in [0.1, 0.15) is 36.5 Å². The van der Waals surface area contributed by atoms with Crippen LogP contribution >= 0.6 is 0 Å². The number of nitriles is 1. The second-order valence-electron chi connectivity index (χ2n) is 7.45. The Hall–Kier alpha value is -3.46. The number of rotatable bonds is 4. The summed E-state index contributed by atoms with van der Waals surface area (Å²) in [6.45, 7) is 4.40. The topological polar surface area (TPSA) is 98.4 Å². The molecule has 0 fully saturated rings. The van der Waals surface area contributed by atoms with Gasteiger partial charge >= 0.3 is 0 Å². The molecule has 2 atom stereocenters. The van der Waals surface area contributed by atoms with Crippen molar-refractivity contribution in [3.8, 4) is 23.2 Å². The van der Waals surface area contributed by atoms with Crippen molar-refractivity contribution in [1.82, 2.24) is 15.2 Å². The largest absolute Gasteiger partial charge is 0.422 e. The Morgan fingerprint density at radius 3 is 2.68 bits per heavy atom. The first-order chi connectivity index (χ1) is 13.6. The Balaban J connectivity index is 1.81. The molecule has 28 heavy (non-hydrogen) atoms. The predicted octanol–water partition coefficient (Wildman–Crippen LogP) is 4.31. The van der Waals surface area contributed by atoms with Crippen LogP contribution in [-0.2, 0) is 6.42 Å². The number of nitrogens with one attached hydrogen (secondary N) is 2. The lowest BCUT2D eigenvalue weighted by Crippen LogP contribution is -2.30. The smallest absolute Gasteiger partial charge is 0.244 e. The van der Waals surface area contributed by atoms with Gasteiger partial charge in [0.15, 0.2) is 0 Å². The van der Waals surface area contributed by atoms with Crippen LogP contribution in [0.3, 0.4) is 0 Å². The number of fused-ring (bicyclic) bond motifs is 1. The molecule has 0 bridgehead atoms. The lowest BCUT2D eigenvalue weighted by Gasteiger charge is -2.27. The number of hydrogen-bond acceptors (Lipinski definition) is 5. The van der Waals surface area contributed by atoms with Crippen LogP contribution < -0.4 is 4.74 Å². The van der Waals surface area contributed by atoms with Gasteiger partial charge in [-0.05, 0) is 35.1 Å². The molecule has 0 aliphatic carbocycles. The summed E-state index contributed by atoms with van der Waals surface area (Å²) in [4.78, 5) is 4.20. The molecule has 0 saturated heterocycles. The molecule has 0 amide bonds. The molecule has 3 aromatic rings. The maximum atomic E-state index is 9.72. The summed E-state index contributed by atoms with van der Waals surface area (Å²) < 4.78 is 5.56. The van der Waals surface area contributed by atoms with E-state index in [1.165, 1.54) is 5.56 Å². The third kappa shape index (κ3) is 3.16. The normalized spacial score (nSPS) is 18.4. The summed E-state index contributed by atoms with van der Waals surface area (Å²) in [6, 6.07) is 14.3. The molecule has 2 aromatic heterocycles. The van der Waals surface area contributed by atoms with Gasteiger partial charge in [0, 0.05) is 18.3 Å². The lowest BCUT2D eigenvalue weighted by molar-refractivity contribution is 0.437. The molecular weight excluding hydrogens is 350 g/mol. The quantitative estimate of drug-likeness (QED) is 0.714. The number of H-pyrrole nitrogens is 1. The summed E-state index contributed by atoms with van der Waals surface area (Å²) in [7, 11) is 0. The Bertz CT molecular complexity index is 1030. The SMILES string of the molecule is CC(C)Cc1ccc(-c2[nH]nc3c2C(c2cccnc2)C(C#N)C(=N)O3)cc1. The maximum Gasteiger partial charge on any atom is 0.244 e. The van der Waals surface area contributed by atoms with Gasteiger partial charge < -0.3 is 4.74 Å². The minimum absolute atomic E-state index is 0.0887. The van der Waals surface area contributed by atoms with Crippen LogP contribution in [0.2, 0.25) is 0 Å². The molecule has 2 unspecified atom stereocenters. The van der Waals surface area contributed by atoms with Crippen molar-refractivity contribution in [2.75, 3.05) is 0 Å². The third-order valence-corrected chi connectivity index (χ3v) is 4.97. The number of hydrogen-bond donors (Lipinski definition) is 2. The number of aromatic nitrogens is 3. The third-order valence-electron chi connectivity index (χ3n) is 4.97. The monoisotopic (exact) mass is 371 g/mol. The van der Waals surface area contributed by atoms with Crippen LogP contribution in [0.5, 0.6) is 5.88 Å². The fourth-order valence-electron chi connectivity index (χ4n) is 3.74. The van der Waals surface area contributed by atoms with Crippen LogP contribution in [0.4, 0.5) is 0 Å². The minimum atomic E-state index is -0.728. The van der Waals surface area contributed by atoms with Crippen molar-refractivity contribution in [3.63, 3.8) is 0 Å². The number of benzene rings is 1. The number of ether oxygens (including phenoxy) is 1. The average Bonchev–Trinajstić information content (AvgIpc) is 3.11. The fraction of sp³-hybridized carbons (Fsp3) is 0.273. The average molecular weight is 371 g/mol. The van der Waals surface area contributed by atoms with E-state index in [4.69, 9.17) is 10.1 Å². The van der Waals surface area contributed by atoms with Crippen LogP contribution in [-0.4, -0.2) is 21.1 Å². The van der Waals surface area contributed by atoms with Gasteiger partial charge in [0.2, 0.25) is 11.8 Å². The Morgan fingerprint density at radius 1 is 1.25 bits per heavy atom. The Kier molecular flexibility index (Phi) is 4.66. The van der Waals surface area contributed by atoms with Crippen molar-refractivity contribution in [2.45, 2.75) is 26.2 Å². The highest BCUT2D eigenvalue weighted by Gasteiger charge is 2.40. The summed E-state index contributed by atoms with van der Waals surface area (Å²) in [5.41, 5.74) is 4.73. The predicted molar refractivity (Wildman–Crippen MR) is 106 cm³/mol. The van der Waals surface area contributed by atoms with Crippen LogP contribution in [0, 0.1) is 28.6 Å². The van der Waals surface area contributed by atoms with Crippen LogP contribution in [0.25, 0.3) is 11.3 Å². The highest BCUT2D eigenvalue weighted by molar-refractivity contribution is 5.86. The first-order valence-corrected chi connectivity index (χ1v) is 9.32. The summed E-state index contributed by atoms with van der Waals surface area (Å²) in [5.74, 6) is -0.232. The van der Waals surface area contributed by atoms with E-state index in [9.17, 15) is 5.26 Å². The summed E-state index contributed by atoms with van der Waals surface area (Å²) in [6.07, 6.45) is 4.45. The highest BCUT2D eigenvalue weighted by Crippen LogP contribution is 2.45. The molecular formula is C22H21N5O. The van der Waals surface area contributed by atoms with Gasteiger partial charge in [-0.1, -0.05) is 44.2 Å². The van der Waals surface area contributed by atoms with Gasteiger partial charge in [0.25, 0.3) is 0 Å². The first-order valence-electron chi connectivity index (χ1n) is 9.32. The fourth-order valence-corrected chi connectivity index (χ4v) is 3.74. The van der Waals surface area contributed by atoms with E-state index in [2.05, 4.69) is 59.4 Å². The molecule has 0 radical (unpaired) electrons. The van der Waals surface area contributed by atoms with E-state index >= 15 is 0 Å². The van der Waals surface area contributed by atoms with E-state index in [0.717, 1.165) is 28.8 Å². The molecule has 4 rings (SSSR count). The second kappa shape index (κ2) is 7.28. The van der Waals surface area contributed by atoms with Gasteiger partial charge in [-0.25, -0.2) is 0 Å². The van der Waals surface area contributed by atoms with Crippen molar-refractivity contribution in [1.29, 1.82) is 10.7 Å². The van der Waals surface area contributed by atoms with Gasteiger partial charge in [-0.15, -0.1) is 5.10 Å². The molecule has 1 aromatic carbocycles. The van der Waals surface area contributed by atoms with E-state index in [0.29, 0.717) is 11.8 Å². The molecule has 0 spiro atoms. The lowest BCUT2D eigenvalue weighted by atomic mass is 9.79. The number of pyridine rings is 1. The van der Waals surface area contributed by atoms with E-state index in [-0.39, 0.29) is 11.8 Å². The molecule has 0 saturated carbocycles. The van der Waals surface area contributed by atoms with E-state index in [1.54, 1.807) is 12.4 Å². The van der Waals surface area contributed by atoms with Crippen LogP contribution in [0.15, 0.2) is 48.8 Å². The molecule has 1 aliphatic rings. The van der Waals surface area contributed by atoms with Gasteiger partial charge in [0.05, 0.1) is 17.3 Å². The van der Waals surface area contributed by atoms with Crippen molar-refractivity contribution in [2.24, 2.45) is 11.8 Å². The zero-order valence-corrected chi connectivity index (χ0v) is 15.8. The summed E-state index contributed by atoms with van der Waals surface area (Å²) >= 11 is 0. The highest BCUT2D eigenvalue weighted by atomic mass is 16.5. The molecule has 6 nitrogen and oxygen atoms in total. The molecule has 140 valence electrons. The van der Waals surface area contributed by atoms with Gasteiger partial charge in [0.1, 0.15) is 5.92 Å². The molecule has 2 N–H and O–H groups in total. The first kappa shape index (κ1) is 17.9. The zero-order valence-electron chi connectivity index (χ0n) is 15.8. The van der Waals surface area contributed by atoms with Crippen molar-refractivity contribution < 1.29 is 4.74 Å². The number of nitrogens with zero attached hydrogens (tertiary/aromatic N) is 3. The van der Waals surface area contributed by atoms with Gasteiger partial charge in [-0.3, -0.25) is 15.5 Å². The zero-order chi connectivity index (χ0) is 19.7. The molecule has 6 heteroatoms. The van der Waals surface area contributed by atoms with Gasteiger partial charge in [-0.2, -0.15) is 5.26 Å². The summed E-state index contributed by atoms with van der Waals surface area (Å²) in [5, 5.41) is 25.2. The Labute approximate surface area is 163 Å². The van der Waals surface area contributed by atoms with Crippen molar-refractivity contribution in [3.05, 3.63) is 65.5 Å². The number of aromatic amines is 1.